The van der Waals surface area contributed by atoms with Gasteiger partial charge in [0.2, 0.25) is 0 Å². The molecule has 0 N–H and O–H groups in total. The second-order valence-corrected chi connectivity index (χ2v) is 4.06. The van der Waals surface area contributed by atoms with Gasteiger partial charge in [0.25, 0.3) is 0 Å². The summed E-state index contributed by atoms with van der Waals surface area (Å²) in [6.45, 7) is 0. The lowest BCUT2D eigenvalue weighted by Crippen LogP contribution is -2.38. The maximum absolute atomic E-state index is 12.9. The lowest BCUT2D eigenvalue weighted by atomic mass is 10.0. The minimum Gasteiger partial charge on any atom is -0.376 e. The van der Waals surface area contributed by atoms with Gasteiger partial charge in [0.15, 0.2) is 0 Å². The van der Waals surface area contributed by atoms with Gasteiger partial charge in [0.05, 0.1) is 12.5 Å². The standard InChI is InChI=1S/C11H10ClF5O/c1-18-9(6-10(13,14)11(15,16)17)7-4-2-3-5-8(7)12/h2-5,9H,6H2,1H3. The Morgan fingerprint density at radius 1 is 1.17 bits per heavy atom. The summed E-state index contributed by atoms with van der Waals surface area (Å²) >= 11 is 5.73. The van der Waals surface area contributed by atoms with Crippen LogP contribution in [0.1, 0.15) is 18.1 Å². The van der Waals surface area contributed by atoms with Crippen molar-refractivity contribution in [1.29, 1.82) is 0 Å². The Morgan fingerprint density at radius 3 is 2.17 bits per heavy atom. The van der Waals surface area contributed by atoms with Crippen molar-refractivity contribution in [3.8, 4) is 0 Å². The molecule has 0 bridgehead atoms. The molecule has 1 nitrogen and oxygen atoms in total. The van der Waals surface area contributed by atoms with Gasteiger partial charge in [-0.2, -0.15) is 22.0 Å². The summed E-state index contributed by atoms with van der Waals surface area (Å²) in [6.07, 6.45) is -8.53. The molecule has 0 aromatic heterocycles. The number of halogens is 6. The first-order valence-corrected chi connectivity index (χ1v) is 5.28. The highest BCUT2D eigenvalue weighted by molar-refractivity contribution is 6.31. The SMILES string of the molecule is COC(CC(F)(F)C(F)(F)F)c1ccccc1Cl. The number of methoxy groups -OCH3 is 1. The zero-order valence-corrected chi connectivity index (χ0v) is 10.0. The minimum atomic E-state index is -5.61. The summed E-state index contributed by atoms with van der Waals surface area (Å²) in [5.41, 5.74) is 0.102. The predicted octanol–water partition coefficient (Wildman–Crippen LogP) is 4.62. The second kappa shape index (κ2) is 5.40. The van der Waals surface area contributed by atoms with Crippen molar-refractivity contribution < 1.29 is 26.7 Å². The van der Waals surface area contributed by atoms with Gasteiger partial charge < -0.3 is 4.74 Å². The average Bonchev–Trinajstić information content (AvgIpc) is 2.25. The van der Waals surface area contributed by atoms with Gasteiger partial charge in [-0.15, -0.1) is 0 Å². The Bertz CT molecular complexity index is 405. The lowest BCUT2D eigenvalue weighted by Gasteiger charge is -2.25. The molecule has 1 rings (SSSR count). The van der Waals surface area contributed by atoms with Crippen LogP contribution >= 0.6 is 11.6 Å². The molecule has 0 aliphatic heterocycles. The fourth-order valence-electron chi connectivity index (χ4n) is 1.41. The Morgan fingerprint density at radius 2 is 1.72 bits per heavy atom. The number of ether oxygens (including phenoxy) is 1. The molecular weight excluding hydrogens is 279 g/mol. The van der Waals surface area contributed by atoms with E-state index in [4.69, 9.17) is 11.6 Å². The Hall–Kier alpha value is -0.880. The van der Waals surface area contributed by atoms with Crippen molar-refractivity contribution in [2.24, 2.45) is 0 Å². The van der Waals surface area contributed by atoms with Crippen molar-refractivity contribution in [2.75, 3.05) is 7.11 Å². The fourth-order valence-corrected chi connectivity index (χ4v) is 1.66. The van der Waals surface area contributed by atoms with Gasteiger partial charge in [0, 0.05) is 12.1 Å². The van der Waals surface area contributed by atoms with E-state index in [1.54, 1.807) is 6.07 Å². The Kier molecular flexibility index (Phi) is 4.55. The fraction of sp³-hybridized carbons (Fsp3) is 0.455. The van der Waals surface area contributed by atoms with E-state index in [9.17, 15) is 22.0 Å². The maximum atomic E-state index is 12.9. The molecule has 0 heterocycles. The van der Waals surface area contributed by atoms with Crippen LogP contribution in [0.3, 0.4) is 0 Å². The molecule has 0 saturated carbocycles. The number of alkyl halides is 5. The van der Waals surface area contributed by atoms with Crippen molar-refractivity contribution >= 4 is 11.6 Å². The van der Waals surface area contributed by atoms with E-state index < -0.39 is 24.6 Å². The van der Waals surface area contributed by atoms with Gasteiger partial charge in [0.1, 0.15) is 0 Å². The molecule has 0 radical (unpaired) electrons. The quantitative estimate of drug-likeness (QED) is 0.735. The van der Waals surface area contributed by atoms with Gasteiger partial charge >= 0.3 is 12.1 Å². The minimum absolute atomic E-state index is 0.0855. The van der Waals surface area contributed by atoms with Gasteiger partial charge in [-0.25, -0.2) is 0 Å². The van der Waals surface area contributed by atoms with Crippen LogP contribution in [0.5, 0.6) is 0 Å². The first-order chi connectivity index (χ1) is 8.19. The largest absolute Gasteiger partial charge is 0.453 e. The second-order valence-electron chi connectivity index (χ2n) is 3.65. The highest BCUT2D eigenvalue weighted by Crippen LogP contribution is 2.43. The molecule has 0 amide bonds. The monoisotopic (exact) mass is 288 g/mol. The van der Waals surface area contributed by atoms with Crippen molar-refractivity contribution in [3.05, 3.63) is 34.9 Å². The highest BCUT2D eigenvalue weighted by Gasteiger charge is 2.58. The van der Waals surface area contributed by atoms with E-state index in [1.165, 1.54) is 18.2 Å². The van der Waals surface area contributed by atoms with Crippen LogP contribution < -0.4 is 0 Å². The molecule has 102 valence electrons. The third kappa shape index (κ3) is 3.32. The average molecular weight is 289 g/mol. The molecule has 1 unspecified atom stereocenters. The molecule has 0 aliphatic rings. The normalized spacial score (nSPS) is 14.6. The number of hydrogen-bond donors (Lipinski definition) is 0. The van der Waals surface area contributed by atoms with Crippen molar-refractivity contribution in [3.63, 3.8) is 0 Å². The summed E-state index contributed by atoms with van der Waals surface area (Å²) < 4.78 is 66.9. The van der Waals surface area contributed by atoms with Crippen molar-refractivity contribution in [2.45, 2.75) is 24.6 Å². The Balaban J connectivity index is 2.97. The van der Waals surface area contributed by atoms with Crippen LogP contribution in [0, 0.1) is 0 Å². The lowest BCUT2D eigenvalue weighted by molar-refractivity contribution is -0.291. The highest BCUT2D eigenvalue weighted by atomic mass is 35.5. The van der Waals surface area contributed by atoms with E-state index >= 15 is 0 Å². The molecule has 1 atom stereocenters. The van der Waals surface area contributed by atoms with Gasteiger partial charge in [-0.1, -0.05) is 29.8 Å². The third-order valence-corrected chi connectivity index (χ3v) is 2.74. The molecule has 1 aromatic carbocycles. The number of benzene rings is 1. The summed E-state index contributed by atoms with van der Waals surface area (Å²) in [4.78, 5) is 0. The van der Waals surface area contributed by atoms with E-state index in [-0.39, 0.29) is 10.6 Å². The molecule has 0 spiro atoms. The molecule has 0 saturated heterocycles. The van der Waals surface area contributed by atoms with E-state index in [2.05, 4.69) is 4.74 Å². The molecule has 0 aliphatic carbocycles. The maximum Gasteiger partial charge on any atom is 0.453 e. The first kappa shape index (κ1) is 15.2. The van der Waals surface area contributed by atoms with E-state index in [0.29, 0.717) is 0 Å². The summed E-state index contributed by atoms with van der Waals surface area (Å²) in [7, 11) is 1.06. The van der Waals surface area contributed by atoms with Crippen LogP contribution in [0.15, 0.2) is 24.3 Å². The Labute approximate surface area is 106 Å². The predicted molar refractivity (Wildman–Crippen MR) is 56.8 cm³/mol. The van der Waals surface area contributed by atoms with Crippen LogP contribution in [0.25, 0.3) is 0 Å². The number of rotatable bonds is 4. The van der Waals surface area contributed by atoms with E-state index in [1.807, 2.05) is 0 Å². The number of hydrogen-bond acceptors (Lipinski definition) is 1. The smallest absolute Gasteiger partial charge is 0.376 e. The van der Waals surface area contributed by atoms with E-state index in [0.717, 1.165) is 7.11 Å². The topological polar surface area (TPSA) is 9.23 Å². The molecule has 1 aromatic rings. The molecule has 18 heavy (non-hydrogen) atoms. The summed E-state index contributed by atoms with van der Waals surface area (Å²) in [5.74, 6) is -4.83. The summed E-state index contributed by atoms with van der Waals surface area (Å²) in [5, 5.41) is 0.0855. The third-order valence-electron chi connectivity index (χ3n) is 2.39. The van der Waals surface area contributed by atoms with Crippen LogP contribution in [0.4, 0.5) is 22.0 Å². The van der Waals surface area contributed by atoms with Crippen LogP contribution in [-0.4, -0.2) is 19.2 Å². The zero-order chi connectivity index (χ0) is 14.0. The summed E-state index contributed by atoms with van der Waals surface area (Å²) in [6, 6.07) is 5.77. The first-order valence-electron chi connectivity index (χ1n) is 4.91. The van der Waals surface area contributed by atoms with Gasteiger partial charge in [-0.3, -0.25) is 0 Å². The van der Waals surface area contributed by atoms with Crippen LogP contribution in [-0.2, 0) is 4.74 Å². The van der Waals surface area contributed by atoms with Gasteiger partial charge in [-0.05, 0) is 11.6 Å². The molecule has 0 fully saturated rings. The molecule has 7 heteroatoms. The zero-order valence-electron chi connectivity index (χ0n) is 9.27. The molecular formula is C11H10ClF5O. The van der Waals surface area contributed by atoms with Crippen LogP contribution in [0.2, 0.25) is 5.02 Å². The van der Waals surface area contributed by atoms with Crippen molar-refractivity contribution in [1.82, 2.24) is 0 Å².